The van der Waals surface area contributed by atoms with Gasteiger partial charge in [-0.05, 0) is 37.8 Å². The highest BCUT2D eigenvalue weighted by atomic mass is 16.3. The Hall–Kier alpha value is -1.78. The SMILES string of the molecule is Cc1cccc(-c2ncc(CNCCCC(C)(C)CO)cn2)c1. The number of benzene rings is 1. The van der Waals surface area contributed by atoms with E-state index in [4.69, 9.17) is 0 Å². The van der Waals surface area contributed by atoms with Crippen LogP contribution in [0.1, 0.15) is 37.8 Å². The summed E-state index contributed by atoms with van der Waals surface area (Å²) in [5.41, 5.74) is 3.36. The lowest BCUT2D eigenvalue weighted by atomic mass is 9.89. The molecule has 0 unspecified atom stereocenters. The van der Waals surface area contributed by atoms with Crippen molar-refractivity contribution in [2.75, 3.05) is 13.2 Å². The summed E-state index contributed by atoms with van der Waals surface area (Å²) in [5.74, 6) is 0.766. The van der Waals surface area contributed by atoms with Gasteiger partial charge >= 0.3 is 0 Å². The number of nitrogens with zero attached hydrogens (tertiary/aromatic N) is 2. The zero-order valence-electron chi connectivity index (χ0n) is 14.3. The molecule has 0 saturated heterocycles. The van der Waals surface area contributed by atoms with Gasteiger partial charge in [-0.2, -0.15) is 0 Å². The average molecular weight is 313 g/mol. The van der Waals surface area contributed by atoms with E-state index in [1.165, 1.54) is 5.56 Å². The van der Waals surface area contributed by atoms with Crippen LogP contribution in [0.4, 0.5) is 0 Å². The predicted molar refractivity (Wildman–Crippen MR) is 94.0 cm³/mol. The van der Waals surface area contributed by atoms with E-state index in [1.54, 1.807) is 0 Å². The number of hydrogen-bond acceptors (Lipinski definition) is 4. The second-order valence-electron chi connectivity index (χ2n) is 6.89. The van der Waals surface area contributed by atoms with Crippen molar-refractivity contribution in [3.63, 3.8) is 0 Å². The van der Waals surface area contributed by atoms with Crippen LogP contribution in [0, 0.1) is 12.3 Å². The molecule has 1 aromatic carbocycles. The van der Waals surface area contributed by atoms with Gasteiger partial charge in [0.15, 0.2) is 5.82 Å². The topological polar surface area (TPSA) is 58.0 Å². The standard InChI is InChI=1S/C19H27N3O/c1-15-6-4-7-17(10-15)18-21-12-16(13-22-18)11-20-9-5-8-19(2,3)14-23/h4,6-7,10,12-13,20,23H,5,8-9,11,14H2,1-3H3. The maximum atomic E-state index is 9.23. The Bertz CT molecular complexity index is 608. The summed E-state index contributed by atoms with van der Waals surface area (Å²) in [7, 11) is 0. The Morgan fingerprint density at radius 1 is 1.17 bits per heavy atom. The molecule has 0 amide bonds. The largest absolute Gasteiger partial charge is 0.396 e. The van der Waals surface area contributed by atoms with Gasteiger partial charge in [-0.25, -0.2) is 9.97 Å². The fourth-order valence-electron chi connectivity index (χ4n) is 2.38. The minimum absolute atomic E-state index is 0.0141. The Balaban J connectivity index is 1.79. The van der Waals surface area contributed by atoms with E-state index < -0.39 is 0 Å². The molecule has 0 atom stereocenters. The smallest absolute Gasteiger partial charge is 0.159 e. The lowest BCUT2D eigenvalue weighted by Crippen LogP contribution is -2.21. The Labute approximate surface area is 139 Å². The normalized spacial score (nSPS) is 11.7. The van der Waals surface area contributed by atoms with Crippen molar-refractivity contribution in [2.45, 2.75) is 40.2 Å². The molecule has 2 rings (SSSR count). The Kier molecular flexibility index (Phi) is 6.25. The molecule has 2 N–H and O–H groups in total. The quantitative estimate of drug-likeness (QED) is 0.734. The maximum absolute atomic E-state index is 9.23. The third-order valence-corrected chi connectivity index (χ3v) is 3.95. The molecule has 0 aliphatic carbocycles. The van der Waals surface area contributed by atoms with Gasteiger partial charge < -0.3 is 10.4 Å². The molecule has 2 aromatic rings. The monoisotopic (exact) mass is 313 g/mol. The summed E-state index contributed by atoms with van der Waals surface area (Å²) >= 11 is 0. The molecule has 0 saturated carbocycles. The number of hydrogen-bond donors (Lipinski definition) is 2. The first-order valence-electron chi connectivity index (χ1n) is 8.20. The van der Waals surface area contributed by atoms with Crippen LogP contribution in [0.2, 0.25) is 0 Å². The minimum atomic E-state index is 0.0141. The van der Waals surface area contributed by atoms with E-state index in [0.717, 1.165) is 42.9 Å². The fraction of sp³-hybridized carbons (Fsp3) is 0.474. The molecule has 0 radical (unpaired) electrons. The summed E-state index contributed by atoms with van der Waals surface area (Å²) in [6.07, 6.45) is 5.83. The minimum Gasteiger partial charge on any atom is -0.396 e. The van der Waals surface area contributed by atoms with Crippen LogP contribution >= 0.6 is 0 Å². The van der Waals surface area contributed by atoms with Crippen LogP contribution in [0.15, 0.2) is 36.7 Å². The molecular formula is C19H27N3O. The highest BCUT2D eigenvalue weighted by Gasteiger charge is 2.15. The highest BCUT2D eigenvalue weighted by Crippen LogP contribution is 2.20. The van der Waals surface area contributed by atoms with Gasteiger partial charge in [0.05, 0.1) is 0 Å². The van der Waals surface area contributed by atoms with E-state index in [1.807, 2.05) is 24.5 Å². The van der Waals surface area contributed by atoms with E-state index in [9.17, 15) is 5.11 Å². The van der Waals surface area contributed by atoms with Crippen molar-refractivity contribution >= 4 is 0 Å². The van der Waals surface area contributed by atoms with Crippen LogP contribution in [0.3, 0.4) is 0 Å². The molecule has 1 aromatic heterocycles. The molecular weight excluding hydrogens is 286 g/mol. The van der Waals surface area contributed by atoms with Crippen LogP contribution in [-0.4, -0.2) is 28.2 Å². The van der Waals surface area contributed by atoms with Gasteiger partial charge in [0.25, 0.3) is 0 Å². The summed E-state index contributed by atoms with van der Waals surface area (Å²) in [4.78, 5) is 8.91. The first-order chi connectivity index (χ1) is 11.0. The highest BCUT2D eigenvalue weighted by molar-refractivity contribution is 5.55. The number of aliphatic hydroxyl groups is 1. The number of nitrogens with one attached hydrogen (secondary N) is 1. The first kappa shape index (κ1) is 17.6. The Morgan fingerprint density at radius 2 is 1.91 bits per heavy atom. The van der Waals surface area contributed by atoms with E-state index in [2.05, 4.69) is 48.2 Å². The second-order valence-corrected chi connectivity index (χ2v) is 6.89. The Morgan fingerprint density at radius 3 is 2.57 bits per heavy atom. The van der Waals surface area contributed by atoms with Crippen LogP contribution in [-0.2, 0) is 6.54 Å². The molecule has 4 heteroatoms. The van der Waals surface area contributed by atoms with Gasteiger partial charge in [0, 0.05) is 36.7 Å². The van der Waals surface area contributed by atoms with Crippen molar-refractivity contribution in [2.24, 2.45) is 5.41 Å². The summed E-state index contributed by atoms with van der Waals surface area (Å²) in [5, 5.41) is 12.6. The molecule has 0 spiro atoms. The number of aliphatic hydroxyl groups excluding tert-OH is 1. The molecule has 1 heterocycles. The fourth-order valence-corrected chi connectivity index (χ4v) is 2.38. The summed E-state index contributed by atoms with van der Waals surface area (Å²) in [6.45, 7) is 8.19. The van der Waals surface area contributed by atoms with Crippen molar-refractivity contribution < 1.29 is 5.11 Å². The molecule has 0 bridgehead atoms. The van der Waals surface area contributed by atoms with Crippen LogP contribution in [0.5, 0.6) is 0 Å². The molecule has 23 heavy (non-hydrogen) atoms. The average Bonchev–Trinajstić information content (AvgIpc) is 2.55. The van der Waals surface area contributed by atoms with Crippen molar-refractivity contribution in [3.8, 4) is 11.4 Å². The van der Waals surface area contributed by atoms with Crippen LogP contribution in [0.25, 0.3) is 11.4 Å². The zero-order valence-corrected chi connectivity index (χ0v) is 14.3. The van der Waals surface area contributed by atoms with Gasteiger partial charge in [0.2, 0.25) is 0 Å². The predicted octanol–water partition coefficient (Wildman–Crippen LogP) is 3.34. The van der Waals surface area contributed by atoms with Crippen molar-refractivity contribution in [3.05, 3.63) is 47.8 Å². The van der Waals surface area contributed by atoms with E-state index in [0.29, 0.717) is 0 Å². The maximum Gasteiger partial charge on any atom is 0.159 e. The first-order valence-corrected chi connectivity index (χ1v) is 8.20. The van der Waals surface area contributed by atoms with Crippen LogP contribution < -0.4 is 5.32 Å². The molecule has 0 fully saturated rings. The lowest BCUT2D eigenvalue weighted by molar-refractivity contribution is 0.148. The second kappa shape index (κ2) is 8.18. The summed E-state index contributed by atoms with van der Waals surface area (Å²) in [6, 6.07) is 8.22. The van der Waals surface area contributed by atoms with E-state index in [-0.39, 0.29) is 12.0 Å². The molecule has 0 aliphatic heterocycles. The third-order valence-electron chi connectivity index (χ3n) is 3.95. The number of aromatic nitrogens is 2. The van der Waals surface area contributed by atoms with Crippen molar-refractivity contribution in [1.82, 2.24) is 15.3 Å². The van der Waals surface area contributed by atoms with Gasteiger partial charge in [0.1, 0.15) is 0 Å². The van der Waals surface area contributed by atoms with Gasteiger partial charge in [-0.15, -0.1) is 0 Å². The molecule has 4 nitrogen and oxygen atoms in total. The van der Waals surface area contributed by atoms with Gasteiger partial charge in [-0.1, -0.05) is 37.6 Å². The number of rotatable bonds is 8. The summed E-state index contributed by atoms with van der Waals surface area (Å²) < 4.78 is 0. The number of aryl methyl sites for hydroxylation is 1. The molecule has 124 valence electrons. The van der Waals surface area contributed by atoms with Crippen molar-refractivity contribution in [1.29, 1.82) is 0 Å². The lowest BCUT2D eigenvalue weighted by Gasteiger charge is -2.21. The third kappa shape index (κ3) is 5.73. The van der Waals surface area contributed by atoms with Gasteiger partial charge in [-0.3, -0.25) is 0 Å². The zero-order chi connectivity index (χ0) is 16.7. The van der Waals surface area contributed by atoms with E-state index >= 15 is 0 Å². The molecule has 0 aliphatic rings.